The van der Waals surface area contributed by atoms with Gasteiger partial charge in [-0.15, -0.1) is 0 Å². The Bertz CT molecular complexity index is 1450. The summed E-state index contributed by atoms with van der Waals surface area (Å²) >= 11 is 0. The molecule has 0 spiro atoms. The minimum Gasteiger partial charge on any atom is -0.322 e. The Morgan fingerprint density at radius 3 is 2.28 bits per heavy atom. The first kappa shape index (κ1) is 24.6. The average Bonchev–Trinajstić information content (AvgIpc) is 3.17. The molecule has 4 aromatic rings. The van der Waals surface area contributed by atoms with Crippen LogP contribution in [0.3, 0.4) is 0 Å². The van der Waals surface area contributed by atoms with E-state index in [1.54, 1.807) is 4.68 Å². The molecule has 0 saturated heterocycles. The predicted octanol–water partition coefficient (Wildman–Crippen LogP) is 5.55. The molecule has 0 fully saturated rings. The van der Waals surface area contributed by atoms with Crippen LogP contribution in [-0.4, -0.2) is 26.6 Å². The number of benzene rings is 2. The van der Waals surface area contributed by atoms with Crippen LogP contribution in [0.1, 0.15) is 37.7 Å². The second-order valence-corrected chi connectivity index (χ2v) is 7.89. The number of aryl methyl sites for hydroxylation is 2. The first-order valence-electron chi connectivity index (χ1n) is 10.6. The SMILES string of the molecule is Cc1cc(C)n(-c2ccc(C(=O)Nc3ccc(NC(=O)c4ccccc4F)cc3C(F)(F)F)cn2)n1. The minimum absolute atomic E-state index is 0.0327. The van der Waals surface area contributed by atoms with Crippen molar-refractivity contribution in [3.63, 3.8) is 0 Å². The zero-order chi connectivity index (χ0) is 26.0. The molecule has 184 valence electrons. The number of amides is 2. The lowest BCUT2D eigenvalue weighted by Gasteiger charge is -2.16. The van der Waals surface area contributed by atoms with Gasteiger partial charge in [0.1, 0.15) is 5.82 Å². The molecule has 11 heteroatoms. The van der Waals surface area contributed by atoms with Crippen molar-refractivity contribution in [1.29, 1.82) is 0 Å². The Kier molecular flexibility index (Phi) is 6.56. The van der Waals surface area contributed by atoms with Crippen molar-refractivity contribution in [1.82, 2.24) is 14.8 Å². The van der Waals surface area contributed by atoms with E-state index in [-0.39, 0.29) is 16.8 Å². The largest absolute Gasteiger partial charge is 0.418 e. The number of alkyl halides is 3. The van der Waals surface area contributed by atoms with Crippen LogP contribution in [0.2, 0.25) is 0 Å². The van der Waals surface area contributed by atoms with Gasteiger partial charge in [0.25, 0.3) is 11.8 Å². The van der Waals surface area contributed by atoms with E-state index >= 15 is 0 Å². The molecule has 0 unspecified atom stereocenters. The highest BCUT2D eigenvalue weighted by Crippen LogP contribution is 2.37. The van der Waals surface area contributed by atoms with Crippen molar-refractivity contribution in [3.8, 4) is 5.82 Å². The molecule has 0 saturated carbocycles. The van der Waals surface area contributed by atoms with E-state index in [0.29, 0.717) is 11.9 Å². The highest BCUT2D eigenvalue weighted by atomic mass is 19.4. The van der Waals surface area contributed by atoms with Gasteiger partial charge >= 0.3 is 6.18 Å². The van der Waals surface area contributed by atoms with Gasteiger partial charge in [0.2, 0.25) is 0 Å². The van der Waals surface area contributed by atoms with Gasteiger partial charge in [0, 0.05) is 17.6 Å². The fourth-order valence-corrected chi connectivity index (χ4v) is 3.51. The number of rotatable bonds is 5. The molecule has 4 rings (SSSR count). The van der Waals surface area contributed by atoms with Crippen LogP contribution in [-0.2, 0) is 6.18 Å². The van der Waals surface area contributed by atoms with E-state index in [9.17, 15) is 27.2 Å². The van der Waals surface area contributed by atoms with Crippen LogP contribution >= 0.6 is 0 Å². The van der Waals surface area contributed by atoms with Crippen molar-refractivity contribution in [3.05, 3.63) is 101 Å². The summed E-state index contributed by atoms with van der Waals surface area (Å²) in [4.78, 5) is 29.1. The number of halogens is 4. The number of pyridine rings is 1. The lowest BCUT2D eigenvalue weighted by molar-refractivity contribution is -0.136. The summed E-state index contributed by atoms with van der Waals surface area (Å²) in [7, 11) is 0. The number of hydrogen-bond acceptors (Lipinski definition) is 4. The van der Waals surface area contributed by atoms with Gasteiger partial charge in [-0.1, -0.05) is 12.1 Å². The third-order valence-corrected chi connectivity index (χ3v) is 5.19. The van der Waals surface area contributed by atoms with Gasteiger partial charge in [-0.3, -0.25) is 9.59 Å². The number of hydrogen-bond donors (Lipinski definition) is 2. The molecule has 0 radical (unpaired) electrons. The molecule has 0 aliphatic rings. The number of carbonyl (C=O) groups is 2. The van der Waals surface area contributed by atoms with E-state index in [1.807, 2.05) is 19.9 Å². The van der Waals surface area contributed by atoms with Crippen LogP contribution < -0.4 is 10.6 Å². The van der Waals surface area contributed by atoms with Crippen LogP contribution in [0.5, 0.6) is 0 Å². The van der Waals surface area contributed by atoms with Crippen molar-refractivity contribution in [2.45, 2.75) is 20.0 Å². The van der Waals surface area contributed by atoms with Gasteiger partial charge in [-0.25, -0.2) is 14.1 Å². The maximum Gasteiger partial charge on any atom is 0.418 e. The smallest absolute Gasteiger partial charge is 0.322 e. The summed E-state index contributed by atoms with van der Waals surface area (Å²) in [5, 5.41) is 8.77. The minimum atomic E-state index is -4.85. The second kappa shape index (κ2) is 9.61. The van der Waals surface area contributed by atoms with Gasteiger partial charge in [0.15, 0.2) is 5.82 Å². The molecule has 2 amide bonds. The molecule has 0 aliphatic heterocycles. The number of nitrogens with zero attached hydrogens (tertiary/aromatic N) is 3. The first-order chi connectivity index (χ1) is 17.0. The van der Waals surface area contributed by atoms with Gasteiger partial charge in [-0.05, 0) is 62.4 Å². The van der Waals surface area contributed by atoms with E-state index < -0.39 is 35.1 Å². The van der Waals surface area contributed by atoms with Crippen LogP contribution in [0, 0.1) is 19.7 Å². The second-order valence-electron chi connectivity index (χ2n) is 7.89. The first-order valence-corrected chi connectivity index (χ1v) is 10.6. The molecule has 2 N–H and O–H groups in total. The Morgan fingerprint density at radius 1 is 0.917 bits per heavy atom. The van der Waals surface area contributed by atoms with Crippen molar-refractivity contribution >= 4 is 23.2 Å². The van der Waals surface area contributed by atoms with Crippen molar-refractivity contribution < 1.29 is 27.2 Å². The predicted molar refractivity (Wildman–Crippen MR) is 125 cm³/mol. The van der Waals surface area contributed by atoms with Crippen LogP contribution in [0.15, 0.2) is 66.9 Å². The molecule has 7 nitrogen and oxygen atoms in total. The summed E-state index contributed by atoms with van der Waals surface area (Å²) in [5.74, 6) is -2.08. The summed E-state index contributed by atoms with van der Waals surface area (Å²) in [6.45, 7) is 3.66. The molecule has 0 bridgehead atoms. The summed E-state index contributed by atoms with van der Waals surface area (Å²) in [6, 6.07) is 12.7. The monoisotopic (exact) mass is 497 g/mol. The Hall–Kier alpha value is -4.54. The van der Waals surface area contributed by atoms with Crippen molar-refractivity contribution in [2.24, 2.45) is 0 Å². The van der Waals surface area contributed by atoms with Gasteiger partial charge in [0.05, 0.1) is 28.1 Å². The fourth-order valence-electron chi connectivity index (χ4n) is 3.51. The molecular weight excluding hydrogens is 478 g/mol. The highest BCUT2D eigenvalue weighted by Gasteiger charge is 2.34. The zero-order valence-electron chi connectivity index (χ0n) is 19.0. The fraction of sp³-hybridized carbons (Fsp3) is 0.120. The van der Waals surface area contributed by atoms with E-state index in [4.69, 9.17) is 0 Å². The molecule has 2 aromatic heterocycles. The third kappa shape index (κ3) is 5.24. The quantitative estimate of drug-likeness (QED) is 0.354. The Morgan fingerprint density at radius 2 is 1.67 bits per heavy atom. The van der Waals surface area contributed by atoms with E-state index in [2.05, 4.69) is 20.7 Å². The van der Waals surface area contributed by atoms with Crippen molar-refractivity contribution in [2.75, 3.05) is 10.6 Å². The molecule has 36 heavy (non-hydrogen) atoms. The maximum atomic E-state index is 13.8. The topological polar surface area (TPSA) is 88.9 Å². The molecular formula is C25H19F4N5O2. The number of anilines is 2. The Labute approximate surface area is 202 Å². The lowest BCUT2D eigenvalue weighted by Crippen LogP contribution is -2.18. The standard InChI is InChI=1S/C25H19F4N5O2/c1-14-11-15(2)34(33-14)22-10-7-16(13-30-22)23(35)32-21-9-8-17(12-19(21)25(27,28)29)31-24(36)18-5-3-4-6-20(18)26/h3-13H,1-2H3,(H,31,36)(H,32,35). The Balaban J connectivity index is 1.55. The average molecular weight is 497 g/mol. The summed E-state index contributed by atoms with van der Waals surface area (Å²) in [5.41, 5.74) is -0.596. The summed E-state index contributed by atoms with van der Waals surface area (Å²) < 4.78 is 56.6. The number of aromatic nitrogens is 3. The van der Waals surface area contributed by atoms with E-state index in [1.165, 1.54) is 42.6 Å². The van der Waals surface area contributed by atoms with E-state index in [0.717, 1.165) is 23.5 Å². The molecule has 2 aromatic carbocycles. The molecule has 0 atom stereocenters. The number of carbonyl (C=O) groups excluding carboxylic acids is 2. The molecule has 2 heterocycles. The molecule has 0 aliphatic carbocycles. The number of nitrogens with one attached hydrogen (secondary N) is 2. The zero-order valence-corrected chi connectivity index (χ0v) is 19.0. The van der Waals surface area contributed by atoms with Gasteiger partial charge in [-0.2, -0.15) is 18.3 Å². The summed E-state index contributed by atoms with van der Waals surface area (Å²) in [6.07, 6.45) is -3.61. The highest BCUT2D eigenvalue weighted by molar-refractivity contribution is 6.06. The van der Waals surface area contributed by atoms with Crippen LogP contribution in [0.25, 0.3) is 5.82 Å². The normalized spacial score (nSPS) is 11.3. The lowest BCUT2D eigenvalue weighted by atomic mass is 10.1. The van der Waals surface area contributed by atoms with Crippen LogP contribution in [0.4, 0.5) is 28.9 Å². The maximum absolute atomic E-state index is 13.8. The third-order valence-electron chi connectivity index (χ3n) is 5.19. The van der Waals surface area contributed by atoms with Gasteiger partial charge < -0.3 is 10.6 Å².